The van der Waals surface area contributed by atoms with Gasteiger partial charge in [0.15, 0.2) is 5.82 Å². The van der Waals surface area contributed by atoms with Crippen LogP contribution in [-0.4, -0.2) is 21.0 Å². The van der Waals surface area contributed by atoms with Crippen LogP contribution in [0.5, 0.6) is 0 Å². The smallest absolute Gasteiger partial charge is 0.164 e. The summed E-state index contributed by atoms with van der Waals surface area (Å²) in [7, 11) is 0. The Balaban J connectivity index is 1.73. The highest BCUT2D eigenvalue weighted by atomic mass is 35.5. The fourth-order valence-electron chi connectivity index (χ4n) is 2.69. The number of hydrogen-bond donors (Lipinski definition) is 0. The lowest BCUT2D eigenvalue weighted by atomic mass is 10.1. The van der Waals surface area contributed by atoms with Crippen molar-refractivity contribution in [3.05, 3.63) is 63.9 Å². The molecule has 2 aromatic carbocycles. The van der Waals surface area contributed by atoms with Crippen molar-refractivity contribution in [2.24, 2.45) is 4.99 Å². The fraction of sp³-hybridized carbons (Fsp3) is 0.118. The summed E-state index contributed by atoms with van der Waals surface area (Å²) in [4.78, 5) is 4.39. The van der Waals surface area contributed by atoms with Gasteiger partial charge in [-0.3, -0.25) is 4.99 Å². The number of halogens is 2. The van der Waals surface area contributed by atoms with E-state index in [1.165, 1.54) is 5.56 Å². The second-order valence-corrected chi connectivity index (χ2v) is 6.16. The summed E-state index contributed by atoms with van der Waals surface area (Å²) in [5.74, 6) is 0.769. The Kier molecular flexibility index (Phi) is 3.63. The third-order valence-corrected chi connectivity index (χ3v) is 4.60. The van der Waals surface area contributed by atoms with E-state index in [2.05, 4.69) is 21.3 Å². The predicted octanol–water partition coefficient (Wildman–Crippen LogP) is 4.56. The molecule has 2 heterocycles. The Labute approximate surface area is 143 Å². The molecule has 0 spiro atoms. The van der Waals surface area contributed by atoms with E-state index in [1.54, 1.807) is 6.33 Å². The largest absolute Gasteiger partial charge is 0.309 e. The molecule has 23 heavy (non-hydrogen) atoms. The lowest BCUT2D eigenvalue weighted by Gasteiger charge is -2.10. The molecule has 0 radical (unpaired) electrons. The summed E-state index contributed by atoms with van der Waals surface area (Å²) in [6.45, 7) is 0.515. The number of hydrogen-bond acceptors (Lipinski definition) is 3. The first-order chi connectivity index (χ1) is 11.2. The summed E-state index contributed by atoms with van der Waals surface area (Å²) in [6, 6.07) is 11.7. The normalized spacial score (nSPS) is 12.6. The van der Waals surface area contributed by atoms with Crippen LogP contribution < -0.4 is 0 Å². The average Bonchev–Trinajstić information content (AvgIpc) is 3.19. The fourth-order valence-corrected chi connectivity index (χ4v) is 3.20. The minimum Gasteiger partial charge on any atom is -0.309 e. The van der Waals surface area contributed by atoms with Crippen LogP contribution in [0.1, 0.15) is 11.1 Å². The summed E-state index contributed by atoms with van der Waals surface area (Å²) in [6.07, 6.45) is 4.49. The van der Waals surface area contributed by atoms with Crippen LogP contribution in [0.25, 0.3) is 11.4 Å². The summed E-state index contributed by atoms with van der Waals surface area (Å²) in [5, 5.41) is 9.55. The van der Waals surface area contributed by atoms with Gasteiger partial charge in [-0.25, -0.2) is 0 Å². The van der Waals surface area contributed by atoms with Crippen LogP contribution in [0.15, 0.2) is 47.7 Å². The number of fused-ring (bicyclic) bond motifs is 1. The average molecular weight is 343 g/mol. The van der Waals surface area contributed by atoms with Crippen molar-refractivity contribution in [3.63, 3.8) is 0 Å². The van der Waals surface area contributed by atoms with E-state index < -0.39 is 0 Å². The maximum atomic E-state index is 6.26. The highest BCUT2D eigenvalue weighted by molar-refractivity contribution is 6.35. The molecule has 1 aromatic heterocycles. The Hall–Kier alpha value is -2.17. The first-order valence-corrected chi connectivity index (χ1v) is 7.94. The quantitative estimate of drug-likeness (QED) is 0.700. The molecule has 1 aliphatic rings. The monoisotopic (exact) mass is 342 g/mol. The lowest BCUT2D eigenvalue weighted by Crippen LogP contribution is -2.02. The van der Waals surface area contributed by atoms with Crippen LogP contribution in [0.4, 0.5) is 5.69 Å². The van der Waals surface area contributed by atoms with Crippen LogP contribution in [-0.2, 0) is 13.0 Å². The molecule has 0 amide bonds. The lowest BCUT2D eigenvalue weighted by molar-refractivity contribution is 0.803. The van der Waals surface area contributed by atoms with Crippen LogP contribution in [0, 0.1) is 0 Å². The van der Waals surface area contributed by atoms with Gasteiger partial charge < -0.3 is 4.57 Å². The Morgan fingerprint density at radius 3 is 2.74 bits per heavy atom. The number of nitrogens with zero attached hydrogens (tertiary/aromatic N) is 4. The molecule has 0 N–H and O–H groups in total. The molecular weight excluding hydrogens is 331 g/mol. The molecule has 114 valence electrons. The molecule has 0 atom stereocenters. The predicted molar refractivity (Wildman–Crippen MR) is 92.9 cm³/mol. The van der Waals surface area contributed by atoms with Gasteiger partial charge in [0, 0.05) is 33.8 Å². The molecule has 0 aliphatic carbocycles. The molecule has 3 aromatic rings. The third-order valence-electron chi connectivity index (χ3n) is 3.89. The Bertz CT molecular complexity index is 894. The van der Waals surface area contributed by atoms with E-state index in [0.717, 1.165) is 29.1 Å². The van der Waals surface area contributed by atoms with E-state index in [-0.39, 0.29) is 0 Å². The molecule has 0 fully saturated rings. The summed E-state index contributed by atoms with van der Waals surface area (Å²) >= 11 is 12.5. The van der Waals surface area contributed by atoms with Crippen molar-refractivity contribution < 1.29 is 0 Å². The highest BCUT2D eigenvalue weighted by Crippen LogP contribution is 2.31. The molecule has 4 rings (SSSR count). The van der Waals surface area contributed by atoms with Crippen molar-refractivity contribution in [1.29, 1.82) is 0 Å². The van der Waals surface area contributed by atoms with Gasteiger partial charge in [-0.05, 0) is 23.8 Å². The summed E-state index contributed by atoms with van der Waals surface area (Å²) in [5.41, 5.74) is 4.06. The van der Waals surface area contributed by atoms with Crippen molar-refractivity contribution >= 4 is 35.1 Å². The summed E-state index contributed by atoms with van der Waals surface area (Å²) < 4.78 is 1.94. The van der Waals surface area contributed by atoms with Crippen molar-refractivity contribution in [1.82, 2.24) is 14.8 Å². The second kappa shape index (κ2) is 5.80. The Morgan fingerprint density at radius 2 is 1.91 bits per heavy atom. The van der Waals surface area contributed by atoms with Crippen molar-refractivity contribution in [2.75, 3.05) is 0 Å². The zero-order valence-corrected chi connectivity index (χ0v) is 13.6. The standard InChI is InChI=1S/C17H12Cl2N4/c18-14-2-1-3-15(19)13(14)9-23-10-21-22-17(23)12-5-4-11-6-7-20-16(11)8-12/h1-5,7-8,10H,6,9H2. The minimum absolute atomic E-state index is 0.515. The third kappa shape index (κ3) is 2.64. The molecule has 4 nitrogen and oxygen atoms in total. The molecule has 0 bridgehead atoms. The first-order valence-electron chi connectivity index (χ1n) is 7.19. The molecule has 0 saturated heterocycles. The topological polar surface area (TPSA) is 43.1 Å². The molecular formula is C17H12Cl2N4. The van der Waals surface area contributed by atoms with E-state index >= 15 is 0 Å². The van der Waals surface area contributed by atoms with E-state index in [4.69, 9.17) is 23.2 Å². The van der Waals surface area contributed by atoms with Gasteiger partial charge in [0.05, 0.1) is 12.2 Å². The maximum Gasteiger partial charge on any atom is 0.164 e. The zero-order chi connectivity index (χ0) is 15.8. The van der Waals surface area contributed by atoms with Crippen LogP contribution in [0.2, 0.25) is 10.0 Å². The van der Waals surface area contributed by atoms with Gasteiger partial charge in [0.25, 0.3) is 0 Å². The van der Waals surface area contributed by atoms with Gasteiger partial charge in [-0.15, -0.1) is 10.2 Å². The molecule has 0 saturated carbocycles. The number of rotatable bonds is 3. The molecule has 1 aliphatic heterocycles. The number of aliphatic imine (C=N–C) groups is 1. The molecule has 0 unspecified atom stereocenters. The highest BCUT2D eigenvalue weighted by Gasteiger charge is 2.14. The zero-order valence-electron chi connectivity index (χ0n) is 12.1. The maximum absolute atomic E-state index is 6.26. The number of aromatic nitrogens is 3. The van der Waals surface area contributed by atoms with Crippen molar-refractivity contribution in [2.45, 2.75) is 13.0 Å². The minimum atomic E-state index is 0.515. The van der Waals surface area contributed by atoms with Gasteiger partial charge in [0.1, 0.15) is 6.33 Å². The van der Waals surface area contributed by atoms with Gasteiger partial charge in [0.2, 0.25) is 0 Å². The van der Waals surface area contributed by atoms with Crippen molar-refractivity contribution in [3.8, 4) is 11.4 Å². The number of benzene rings is 2. The first kappa shape index (κ1) is 14.4. The van der Waals surface area contributed by atoms with E-state index in [9.17, 15) is 0 Å². The van der Waals surface area contributed by atoms with Gasteiger partial charge in [-0.2, -0.15) is 0 Å². The van der Waals surface area contributed by atoms with Crippen LogP contribution >= 0.6 is 23.2 Å². The second-order valence-electron chi connectivity index (χ2n) is 5.34. The van der Waals surface area contributed by atoms with Crippen LogP contribution in [0.3, 0.4) is 0 Å². The van der Waals surface area contributed by atoms with E-state index in [0.29, 0.717) is 16.6 Å². The van der Waals surface area contributed by atoms with Gasteiger partial charge in [-0.1, -0.05) is 41.4 Å². The van der Waals surface area contributed by atoms with Gasteiger partial charge >= 0.3 is 0 Å². The SMILES string of the molecule is Clc1cccc(Cl)c1Cn1cnnc1-c1ccc2c(c1)N=CC2. The van der Waals surface area contributed by atoms with E-state index in [1.807, 2.05) is 41.1 Å². The Morgan fingerprint density at radius 1 is 1.09 bits per heavy atom. The molecule has 6 heteroatoms.